The molecule has 1 aromatic rings. The fourth-order valence-electron chi connectivity index (χ4n) is 1.57. The first-order valence-corrected chi connectivity index (χ1v) is 7.68. The third-order valence-electron chi connectivity index (χ3n) is 2.83. The summed E-state index contributed by atoms with van der Waals surface area (Å²) in [7, 11) is -1.92. The topological polar surface area (TPSA) is 49.4 Å². The van der Waals surface area contributed by atoms with Gasteiger partial charge in [-0.25, -0.2) is 8.42 Å². The lowest BCUT2D eigenvalue weighted by molar-refractivity contribution is 0.274. The monoisotopic (exact) mass is 374 g/mol. The Morgan fingerprint density at radius 1 is 1.44 bits per heavy atom. The lowest BCUT2D eigenvalue weighted by Gasteiger charge is -2.34. The fourth-order valence-corrected chi connectivity index (χ4v) is 3.93. The predicted molar refractivity (Wildman–Crippen MR) is 78.0 cm³/mol. The number of rotatable bonds is 3. The van der Waals surface area contributed by atoms with E-state index in [1.54, 1.807) is 19.2 Å². The molecule has 18 heavy (non-hydrogen) atoms. The molecule has 0 spiro atoms. The van der Waals surface area contributed by atoms with Crippen LogP contribution >= 0.6 is 39.9 Å². The van der Waals surface area contributed by atoms with Gasteiger partial charge in [0.05, 0.1) is 5.02 Å². The zero-order valence-electron chi connectivity index (χ0n) is 9.56. The van der Waals surface area contributed by atoms with Crippen LogP contribution in [0.2, 0.25) is 5.02 Å². The minimum Gasteiger partial charge on any atom is -0.313 e. The Kier molecular flexibility index (Phi) is 5.46. The molecule has 0 atom stereocenters. The number of hydrogen-bond donors (Lipinski definition) is 1. The Labute approximate surface area is 126 Å². The Hall–Kier alpha value is 0.150. The molecule has 4 nitrogen and oxygen atoms in total. The van der Waals surface area contributed by atoms with E-state index < -0.39 is 10.0 Å². The molecule has 1 N–H and O–H groups in total. The summed E-state index contributed by atoms with van der Waals surface area (Å²) < 4.78 is 26.7. The average Bonchev–Trinajstić information content (AvgIpc) is 2.13. The van der Waals surface area contributed by atoms with E-state index in [-0.39, 0.29) is 28.4 Å². The van der Waals surface area contributed by atoms with Crippen LogP contribution in [0.15, 0.2) is 27.6 Å². The van der Waals surface area contributed by atoms with Crippen LogP contribution in [0.3, 0.4) is 0 Å². The van der Waals surface area contributed by atoms with Gasteiger partial charge in [-0.1, -0.05) is 27.5 Å². The van der Waals surface area contributed by atoms with Crippen LogP contribution in [0, 0.1) is 0 Å². The lowest BCUT2D eigenvalue weighted by Crippen LogP contribution is -2.57. The molecule has 0 aliphatic carbocycles. The summed E-state index contributed by atoms with van der Waals surface area (Å²) >= 11 is 9.22. The first-order valence-electron chi connectivity index (χ1n) is 5.07. The van der Waals surface area contributed by atoms with Gasteiger partial charge in [0.25, 0.3) is 0 Å². The van der Waals surface area contributed by atoms with Gasteiger partial charge in [0.1, 0.15) is 4.90 Å². The Bertz CT molecular complexity index is 535. The second-order valence-corrected chi connectivity index (χ2v) is 7.20. The van der Waals surface area contributed by atoms with Crippen LogP contribution in [0.1, 0.15) is 0 Å². The zero-order valence-corrected chi connectivity index (χ0v) is 13.5. The van der Waals surface area contributed by atoms with Crippen LogP contribution in [-0.4, -0.2) is 38.9 Å². The summed E-state index contributed by atoms with van der Waals surface area (Å²) in [6.07, 6.45) is 0. The van der Waals surface area contributed by atoms with Crippen molar-refractivity contribution in [1.29, 1.82) is 0 Å². The largest absolute Gasteiger partial charge is 0.313 e. The van der Waals surface area contributed by atoms with Gasteiger partial charge in [-0.2, -0.15) is 4.31 Å². The van der Waals surface area contributed by atoms with Crippen molar-refractivity contribution in [3.8, 4) is 0 Å². The molecule has 0 bridgehead atoms. The maximum absolute atomic E-state index is 12.3. The summed E-state index contributed by atoms with van der Waals surface area (Å²) in [5.74, 6) is 0. The van der Waals surface area contributed by atoms with Crippen LogP contribution in [0.5, 0.6) is 0 Å². The number of sulfonamides is 1. The first kappa shape index (κ1) is 16.2. The van der Waals surface area contributed by atoms with E-state index in [9.17, 15) is 8.42 Å². The van der Waals surface area contributed by atoms with Gasteiger partial charge >= 0.3 is 0 Å². The van der Waals surface area contributed by atoms with Crippen molar-refractivity contribution in [2.75, 3.05) is 20.1 Å². The van der Waals surface area contributed by atoms with Crippen molar-refractivity contribution in [3.63, 3.8) is 0 Å². The maximum Gasteiger partial charge on any atom is 0.244 e. The fraction of sp³-hybridized carbons (Fsp3) is 0.400. The molecule has 2 rings (SSSR count). The number of benzene rings is 1. The van der Waals surface area contributed by atoms with Gasteiger partial charge in [0, 0.05) is 30.7 Å². The molecule has 102 valence electrons. The maximum atomic E-state index is 12.3. The summed E-state index contributed by atoms with van der Waals surface area (Å²) in [5.41, 5.74) is 0. The molecule has 1 aromatic carbocycles. The van der Waals surface area contributed by atoms with E-state index >= 15 is 0 Å². The van der Waals surface area contributed by atoms with Crippen LogP contribution in [-0.2, 0) is 10.0 Å². The Morgan fingerprint density at radius 3 is 2.50 bits per heavy atom. The molecule has 1 aliphatic heterocycles. The van der Waals surface area contributed by atoms with Crippen LogP contribution in [0.25, 0.3) is 0 Å². The molecule has 8 heteroatoms. The number of hydrogen-bond acceptors (Lipinski definition) is 3. The molecule has 0 amide bonds. The molecule has 1 saturated heterocycles. The van der Waals surface area contributed by atoms with E-state index in [1.807, 2.05) is 0 Å². The van der Waals surface area contributed by atoms with E-state index in [4.69, 9.17) is 11.6 Å². The highest BCUT2D eigenvalue weighted by molar-refractivity contribution is 9.10. The van der Waals surface area contributed by atoms with Crippen molar-refractivity contribution in [1.82, 2.24) is 9.62 Å². The molecular formula is C10H13BrCl2N2O2S. The molecule has 0 radical (unpaired) electrons. The van der Waals surface area contributed by atoms with Crippen LogP contribution < -0.4 is 5.32 Å². The standard InChI is InChI=1S/C10H12BrClN2O2S.ClH/c1-14(8-5-13-6-8)17(15,16)10-3-2-7(11)4-9(10)12;/h2-4,8,13H,5-6H2,1H3;1H. The molecule has 1 fully saturated rings. The summed E-state index contributed by atoms with van der Waals surface area (Å²) in [6, 6.07) is 4.79. The van der Waals surface area contributed by atoms with E-state index in [0.717, 1.165) is 4.47 Å². The predicted octanol–water partition coefficient (Wildman–Crippen LogP) is 2.12. The number of nitrogens with one attached hydrogen (secondary N) is 1. The Morgan fingerprint density at radius 2 is 2.06 bits per heavy atom. The second-order valence-electron chi connectivity index (χ2n) is 3.91. The first-order chi connectivity index (χ1) is 7.93. The van der Waals surface area contributed by atoms with Gasteiger partial charge in [-0.3, -0.25) is 0 Å². The van der Waals surface area contributed by atoms with Gasteiger partial charge < -0.3 is 5.32 Å². The Balaban J connectivity index is 0.00000162. The average molecular weight is 376 g/mol. The molecule has 1 aliphatic rings. The van der Waals surface area contributed by atoms with Gasteiger partial charge in [-0.15, -0.1) is 12.4 Å². The number of likely N-dealkylation sites (N-methyl/N-ethyl adjacent to an activating group) is 1. The number of nitrogens with zero attached hydrogens (tertiary/aromatic N) is 1. The lowest BCUT2D eigenvalue weighted by atomic mass is 10.2. The third-order valence-corrected chi connectivity index (χ3v) is 5.71. The quantitative estimate of drug-likeness (QED) is 0.880. The van der Waals surface area contributed by atoms with Gasteiger partial charge in [0.15, 0.2) is 0 Å². The van der Waals surface area contributed by atoms with E-state index in [0.29, 0.717) is 13.1 Å². The normalized spacial score (nSPS) is 16.2. The van der Waals surface area contributed by atoms with Crippen molar-refractivity contribution in [3.05, 3.63) is 27.7 Å². The highest BCUT2D eigenvalue weighted by Gasteiger charge is 2.32. The van der Waals surface area contributed by atoms with Crippen molar-refractivity contribution in [2.45, 2.75) is 10.9 Å². The minimum atomic E-state index is -3.51. The summed E-state index contributed by atoms with van der Waals surface area (Å²) in [5, 5.41) is 3.28. The highest BCUT2D eigenvalue weighted by Crippen LogP contribution is 2.28. The summed E-state index contributed by atoms with van der Waals surface area (Å²) in [4.78, 5) is 0.150. The SMILES string of the molecule is CN(C1CNC1)S(=O)(=O)c1ccc(Br)cc1Cl.Cl. The van der Waals surface area contributed by atoms with Crippen molar-refractivity contribution in [2.24, 2.45) is 0 Å². The smallest absolute Gasteiger partial charge is 0.244 e. The minimum absolute atomic E-state index is 0. The molecule has 1 heterocycles. The highest BCUT2D eigenvalue weighted by atomic mass is 79.9. The molecule has 0 unspecified atom stereocenters. The zero-order chi connectivity index (χ0) is 12.6. The van der Waals surface area contributed by atoms with E-state index in [1.165, 1.54) is 10.4 Å². The molecular weight excluding hydrogens is 363 g/mol. The third kappa shape index (κ3) is 3.00. The summed E-state index contributed by atoms with van der Waals surface area (Å²) in [6.45, 7) is 1.37. The van der Waals surface area contributed by atoms with Crippen molar-refractivity contribution < 1.29 is 8.42 Å². The van der Waals surface area contributed by atoms with Gasteiger partial charge in [0.2, 0.25) is 10.0 Å². The molecule has 0 aromatic heterocycles. The van der Waals surface area contributed by atoms with Crippen molar-refractivity contribution >= 4 is 50.0 Å². The number of halogens is 3. The van der Waals surface area contributed by atoms with E-state index in [2.05, 4.69) is 21.2 Å². The van der Waals surface area contributed by atoms with Crippen LogP contribution in [0.4, 0.5) is 0 Å². The molecule has 0 saturated carbocycles. The second kappa shape index (κ2) is 6.07. The van der Waals surface area contributed by atoms with Gasteiger partial charge in [-0.05, 0) is 18.2 Å².